The standard InChI is InChI=1S/C48H54N2.C2H6/c1-8-30-47(4,5)39-18-26-43(27-19-39)49(41-12-10-9-11-13-41)42-22-14-36(15-23-42)37-16-24-44(25-17-37)50-45-28-20-40(21-29-45)48(6,7)33-38-31-34(2)32-46(50)35(38)3;1-2/h8-18,20-31,34-35,39,46H,19,32-33H2,1-7H3;1-2H3. The zero-order valence-electron chi connectivity index (χ0n) is 33.1. The fraction of sp³-hybridized carbons (Fsp3) is 0.360. The number of hydrogen-bond acceptors (Lipinski definition) is 2. The molecule has 52 heavy (non-hydrogen) atoms. The number of benzene rings is 4. The number of para-hydroxylation sites is 1. The lowest BCUT2D eigenvalue weighted by atomic mass is 9.70. The predicted octanol–water partition coefficient (Wildman–Crippen LogP) is 14.4. The lowest BCUT2D eigenvalue weighted by Crippen LogP contribution is -2.42. The molecule has 0 N–H and O–H groups in total. The summed E-state index contributed by atoms with van der Waals surface area (Å²) in [7, 11) is 0. The Morgan fingerprint density at radius 1 is 0.769 bits per heavy atom. The number of allylic oxidation sites excluding steroid dienone is 6. The molecule has 0 saturated carbocycles. The fourth-order valence-electron chi connectivity index (χ4n) is 8.71. The van der Waals surface area contributed by atoms with Crippen molar-refractivity contribution in [2.75, 3.05) is 9.80 Å². The van der Waals surface area contributed by atoms with Crippen LogP contribution in [-0.4, -0.2) is 6.04 Å². The highest BCUT2D eigenvalue weighted by Gasteiger charge is 2.37. The van der Waals surface area contributed by atoms with Gasteiger partial charge in [0.05, 0.1) is 0 Å². The first-order valence-electron chi connectivity index (χ1n) is 19.7. The summed E-state index contributed by atoms with van der Waals surface area (Å²) in [5, 5.41) is 0. The SMILES string of the molecule is CC.CC=CC(C)(C)C1C=CC(N(c2ccccc2)c2ccc(-c3ccc(N4c5ccc(cc5)C(C)(C)CC5=CC(C)CC4C5C)cc3)cc2)=CC1. The highest BCUT2D eigenvalue weighted by molar-refractivity contribution is 5.75. The molecule has 0 aromatic heterocycles. The number of rotatable bonds is 7. The van der Waals surface area contributed by atoms with E-state index in [1.165, 1.54) is 45.1 Å². The molecule has 4 aromatic carbocycles. The highest BCUT2D eigenvalue weighted by Crippen LogP contribution is 2.45. The molecule has 4 aromatic rings. The molecule has 270 valence electrons. The molecule has 2 heterocycles. The van der Waals surface area contributed by atoms with Crippen molar-refractivity contribution >= 4 is 22.7 Å². The molecule has 0 saturated heterocycles. The maximum Gasteiger partial charge on any atom is 0.0461 e. The Hall–Kier alpha value is -4.56. The van der Waals surface area contributed by atoms with Gasteiger partial charge in [0.25, 0.3) is 0 Å². The second-order valence-corrected chi connectivity index (χ2v) is 16.2. The van der Waals surface area contributed by atoms with Crippen LogP contribution in [-0.2, 0) is 5.41 Å². The summed E-state index contributed by atoms with van der Waals surface area (Å²) in [6.45, 7) is 20.4. The molecule has 0 spiro atoms. The summed E-state index contributed by atoms with van der Waals surface area (Å²) in [5.74, 6) is 1.55. The quantitative estimate of drug-likeness (QED) is 0.178. The Morgan fingerprint density at radius 2 is 1.35 bits per heavy atom. The molecule has 0 fully saturated rings. The third-order valence-electron chi connectivity index (χ3n) is 11.7. The van der Waals surface area contributed by atoms with Gasteiger partial charge in [0.2, 0.25) is 0 Å². The summed E-state index contributed by atoms with van der Waals surface area (Å²) in [5.41, 5.74) is 11.9. The van der Waals surface area contributed by atoms with Crippen LogP contribution in [0.25, 0.3) is 11.1 Å². The molecule has 8 rings (SSSR count). The molecule has 2 aliphatic carbocycles. The van der Waals surface area contributed by atoms with Crippen molar-refractivity contribution in [1.82, 2.24) is 0 Å². The molecular weight excluding hydrogens is 629 g/mol. The number of fused-ring (bicyclic) bond motifs is 3. The van der Waals surface area contributed by atoms with E-state index in [9.17, 15) is 0 Å². The van der Waals surface area contributed by atoms with Crippen LogP contribution in [0, 0.1) is 23.2 Å². The molecule has 2 heteroatoms. The molecule has 4 bridgehead atoms. The van der Waals surface area contributed by atoms with E-state index in [1.54, 1.807) is 5.57 Å². The van der Waals surface area contributed by atoms with Gasteiger partial charge in [-0.15, -0.1) is 0 Å². The van der Waals surface area contributed by atoms with E-state index >= 15 is 0 Å². The van der Waals surface area contributed by atoms with Gasteiger partial charge in [-0.05, 0) is 126 Å². The van der Waals surface area contributed by atoms with Crippen molar-refractivity contribution in [3.63, 3.8) is 0 Å². The van der Waals surface area contributed by atoms with Crippen LogP contribution in [0.2, 0.25) is 0 Å². The molecule has 0 amide bonds. The van der Waals surface area contributed by atoms with Crippen molar-refractivity contribution < 1.29 is 0 Å². The molecular formula is C50H60N2. The zero-order valence-corrected chi connectivity index (χ0v) is 33.1. The maximum absolute atomic E-state index is 2.62. The maximum atomic E-state index is 2.62. The van der Waals surface area contributed by atoms with Crippen molar-refractivity contribution in [2.24, 2.45) is 23.2 Å². The van der Waals surface area contributed by atoms with Crippen molar-refractivity contribution in [3.8, 4) is 11.1 Å². The topological polar surface area (TPSA) is 6.48 Å². The average Bonchev–Trinajstić information content (AvgIpc) is 3.15. The van der Waals surface area contributed by atoms with E-state index in [0.29, 0.717) is 23.8 Å². The molecule has 0 radical (unpaired) electrons. The van der Waals surface area contributed by atoms with Crippen molar-refractivity contribution in [3.05, 3.63) is 156 Å². The van der Waals surface area contributed by atoms with Gasteiger partial charge in [-0.25, -0.2) is 0 Å². The lowest BCUT2D eigenvalue weighted by Gasteiger charge is -2.45. The number of anilines is 4. The Bertz CT molecular complexity index is 1900. The van der Waals surface area contributed by atoms with Gasteiger partial charge in [0.1, 0.15) is 0 Å². The fourth-order valence-corrected chi connectivity index (χ4v) is 8.71. The molecule has 2 aliphatic heterocycles. The van der Waals surface area contributed by atoms with Gasteiger partial charge in [0, 0.05) is 34.5 Å². The lowest BCUT2D eigenvalue weighted by molar-refractivity contribution is 0.342. The van der Waals surface area contributed by atoms with Crippen molar-refractivity contribution in [2.45, 2.75) is 93.0 Å². The Kier molecular flexibility index (Phi) is 11.2. The molecule has 4 aliphatic rings. The highest BCUT2D eigenvalue weighted by atomic mass is 15.2. The monoisotopic (exact) mass is 688 g/mol. The summed E-state index contributed by atoms with van der Waals surface area (Å²) in [6.07, 6.45) is 17.5. The van der Waals surface area contributed by atoms with Gasteiger partial charge in [-0.3, -0.25) is 0 Å². The van der Waals surface area contributed by atoms with Crippen LogP contribution in [0.15, 0.2) is 151 Å². The van der Waals surface area contributed by atoms with Crippen molar-refractivity contribution in [1.29, 1.82) is 0 Å². The smallest absolute Gasteiger partial charge is 0.0461 e. The minimum atomic E-state index is 0.127. The van der Waals surface area contributed by atoms with Crippen LogP contribution in [0.1, 0.15) is 87.1 Å². The second kappa shape index (κ2) is 15.6. The summed E-state index contributed by atoms with van der Waals surface area (Å²) >= 11 is 0. The summed E-state index contributed by atoms with van der Waals surface area (Å²) in [4.78, 5) is 5.01. The second-order valence-electron chi connectivity index (χ2n) is 16.2. The van der Waals surface area contributed by atoms with Gasteiger partial charge < -0.3 is 9.80 Å². The molecule has 4 unspecified atom stereocenters. The van der Waals surface area contributed by atoms with E-state index in [0.717, 1.165) is 19.3 Å². The third kappa shape index (κ3) is 7.63. The number of hydrogen-bond donors (Lipinski definition) is 0. The first-order chi connectivity index (χ1) is 25.0. The molecule has 2 nitrogen and oxygen atoms in total. The van der Waals surface area contributed by atoms with Crippen LogP contribution in [0.4, 0.5) is 22.7 Å². The average molecular weight is 689 g/mol. The van der Waals surface area contributed by atoms with E-state index < -0.39 is 0 Å². The van der Waals surface area contributed by atoms with Gasteiger partial charge in [0.15, 0.2) is 0 Å². The minimum absolute atomic E-state index is 0.127. The largest absolute Gasteiger partial charge is 0.338 e. The van der Waals surface area contributed by atoms with E-state index in [4.69, 9.17) is 0 Å². The summed E-state index contributed by atoms with van der Waals surface area (Å²) in [6, 6.07) is 39.0. The minimum Gasteiger partial charge on any atom is -0.338 e. The first-order valence-corrected chi connectivity index (χ1v) is 19.7. The van der Waals surface area contributed by atoms with E-state index in [-0.39, 0.29) is 10.8 Å². The van der Waals surface area contributed by atoms with Crippen LogP contribution < -0.4 is 9.80 Å². The van der Waals surface area contributed by atoms with Crippen LogP contribution in [0.3, 0.4) is 0 Å². The van der Waals surface area contributed by atoms with Crippen LogP contribution >= 0.6 is 0 Å². The molecule has 4 atom stereocenters. The first kappa shape index (κ1) is 37.2. The third-order valence-corrected chi connectivity index (χ3v) is 11.7. The zero-order chi connectivity index (χ0) is 37.0. The van der Waals surface area contributed by atoms with Gasteiger partial charge in [-0.2, -0.15) is 0 Å². The summed E-state index contributed by atoms with van der Waals surface area (Å²) < 4.78 is 0. The van der Waals surface area contributed by atoms with Gasteiger partial charge >= 0.3 is 0 Å². The normalized spacial score (nSPS) is 22.3. The predicted molar refractivity (Wildman–Crippen MR) is 227 cm³/mol. The Labute approximate surface area is 315 Å². The van der Waals surface area contributed by atoms with E-state index in [1.807, 2.05) is 13.8 Å². The van der Waals surface area contributed by atoms with Gasteiger partial charge in [-0.1, -0.05) is 146 Å². The van der Waals surface area contributed by atoms with E-state index in [2.05, 4.69) is 198 Å². The number of nitrogens with zero attached hydrogens (tertiary/aromatic N) is 2. The Morgan fingerprint density at radius 3 is 1.92 bits per heavy atom. The Balaban J connectivity index is 0.00000228. The van der Waals surface area contributed by atoms with Crippen LogP contribution in [0.5, 0.6) is 0 Å².